The van der Waals surface area contributed by atoms with E-state index in [-0.39, 0.29) is 5.91 Å². The van der Waals surface area contributed by atoms with Crippen LogP contribution in [0.25, 0.3) is 0 Å². The molecule has 5 heteroatoms. The van der Waals surface area contributed by atoms with E-state index in [0.717, 1.165) is 53.5 Å². The highest BCUT2D eigenvalue weighted by atomic mass is 32.2. The summed E-state index contributed by atoms with van der Waals surface area (Å²) in [4.78, 5) is 20.6. The summed E-state index contributed by atoms with van der Waals surface area (Å²) in [6.45, 7) is 4.36. The molecule has 0 unspecified atom stereocenters. The molecular weight excluding hydrogens is 366 g/mol. The molecule has 4 nitrogen and oxygen atoms in total. The highest BCUT2D eigenvalue weighted by molar-refractivity contribution is 7.99. The molecule has 0 spiro atoms. The molecule has 2 heterocycles. The van der Waals surface area contributed by atoms with Gasteiger partial charge in [0.1, 0.15) is 10.8 Å². The Hall–Kier alpha value is -1.23. The Morgan fingerprint density at radius 1 is 1.11 bits per heavy atom. The molecule has 6 rings (SSSR count). The molecular formula is C23H33N3OS. The number of amides is 1. The van der Waals surface area contributed by atoms with Gasteiger partial charge in [0, 0.05) is 19.1 Å². The number of nitrogens with zero attached hydrogens (tertiary/aromatic N) is 2. The van der Waals surface area contributed by atoms with Crippen LogP contribution in [0.2, 0.25) is 0 Å². The predicted octanol–water partition coefficient (Wildman–Crippen LogP) is 4.74. The van der Waals surface area contributed by atoms with Crippen molar-refractivity contribution >= 4 is 23.5 Å². The second kappa shape index (κ2) is 7.89. The summed E-state index contributed by atoms with van der Waals surface area (Å²) in [5.74, 6) is 5.46. The third-order valence-corrected chi connectivity index (χ3v) is 8.68. The first kappa shape index (κ1) is 18.8. The minimum Gasteiger partial charge on any atom is -0.357 e. The summed E-state index contributed by atoms with van der Waals surface area (Å²) in [5, 5.41) is 4.40. The zero-order valence-corrected chi connectivity index (χ0v) is 17.8. The van der Waals surface area contributed by atoms with Gasteiger partial charge in [0.25, 0.3) is 5.91 Å². The van der Waals surface area contributed by atoms with E-state index in [4.69, 9.17) is 4.98 Å². The van der Waals surface area contributed by atoms with Crippen molar-refractivity contribution in [3.8, 4) is 0 Å². The second-order valence-corrected chi connectivity index (χ2v) is 10.6. The van der Waals surface area contributed by atoms with E-state index >= 15 is 0 Å². The Morgan fingerprint density at radius 2 is 1.79 bits per heavy atom. The van der Waals surface area contributed by atoms with Crippen LogP contribution in [0.5, 0.6) is 0 Å². The van der Waals surface area contributed by atoms with Gasteiger partial charge in [-0.1, -0.05) is 6.92 Å². The Morgan fingerprint density at radius 3 is 2.43 bits per heavy atom. The molecule has 1 amide bonds. The van der Waals surface area contributed by atoms with Gasteiger partial charge in [-0.15, -0.1) is 11.8 Å². The summed E-state index contributed by atoms with van der Waals surface area (Å²) < 4.78 is 0. The lowest BCUT2D eigenvalue weighted by Crippen LogP contribution is -2.55. The normalized spacial score (nSPS) is 33.5. The van der Waals surface area contributed by atoms with Crippen molar-refractivity contribution in [3.63, 3.8) is 0 Å². The lowest BCUT2D eigenvalue weighted by molar-refractivity contribution is -0.0120. The number of carbonyl (C=O) groups is 1. The van der Waals surface area contributed by atoms with Gasteiger partial charge in [0.15, 0.2) is 0 Å². The average molecular weight is 400 g/mol. The van der Waals surface area contributed by atoms with Crippen LogP contribution in [0.3, 0.4) is 0 Å². The van der Waals surface area contributed by atoms with Gasteiger partial charge in [-0.2, -0.15) is 0 Å². The minimum atomic E-state index is 0.108. The highest BCUT2D eigenvalue weighted by Crippen LogP contribution is 2.53. The molecule has 5 aliphatic rings. The number of thioether (sulfide) groups is 1. The van der Waals surface area contributed by atoms with Crippen molar-refractivity contribution in [2.45, 2.75) is 69.4 Å². The molecule has 5 fully saturated rings. The highest BCUT2D eigenvalue weighted by Gasteiger charge is 2.48. The zero-order chi connectivity index (χ0) is 19.1. The Labute approximate surface area is 173 Å². The van der Waals surface area contributed by atoms with E-state index in [1.807, 2.05) is 6.07 Å². The number of hydrogen-bond donors (Lipinski definition) is 1. The standard InChI is InChI=1S/C23H33N3OS/c1-2-9-28-23-19(5-6-20(24-23)26-7-3-4-8-26)22(27)25-21-17-11-15-10-16(13-17)14-18(21)12-15/h5-6,15-18,21H,2-4,7-14H2,1H3,(H,25,27). The first-order valence-corrected chi connectivity index (χ1v) is 12.4. The van der Waals surface area contributed by atoms with Crippen molar-refractivity contribution in [1.29, 1.82) is 0 Å². The summed E-state index contributed by atoms with van der Waals surface area (Å²) in [5.41, 5.74) is 0.787. The molecule has 4 saturated carbocycles. The molecule has 1 aliphatic heterocycles. The van der Waals surface area contributed by atoms with Gasteiger partial charge in [-0.3, -0.25) is 4.79 Å². The van der Waals surface area contributed by atoms with Gasteiger partial charge in [0.05, 0.1) is 5.56 Å². The van der Waals surface area contributed by atoms with Crippen LogP contribution in [0.15, 0.2) is 17.2 Å². The maximum Gasteiger partial charge on any atom is 0.254 e. The lowest BCUT2D eigenvalue weighted by Gasteiger charge is -2.54. The van der Waals surface area contributed by atoms with Crippen molar-refractivity contribution < 1.29 is 4.79 Å². The van der Waals surface area contributed by atoms with Gasteiger partial charge in [-0.25, -0.2) is 4.98 Å². The third kappa shape index (κ3) is 3.55. The van der Waals surface area contributed by atoms with Crippen LogP contribution in [0.1, 0.15) is 68.6 Å². The molecule has 28 heavy (non-hydrogen) atoms. The average Bonchev–Trinajstić information content (AvgIpc) is 3.23. The number of pyridine rings is 1. The molecule has 1 N–H and O–H groups in total. The quantitative estimate of drug-likeness (QED) is 0.702. The Bertz CT molecular complexity index is 703. The first-order chi connectivity index (χ1) is 13.7. The van der Waals surface area contributed by atoms with Gasteiger partial charge in [-0.05, 0) is 92.9 Å². The number of rotatable bonds is 6. The zero-order valence-electron chi connectivity index (χ0n) is 17.0. The van der Waals surface area contributed by atoms with Crippen molar-refractivity contribution in [1.82, 2.24) is 10.3 Å². The fourth-order valence-corrected chi connectivity index (χ4v) is 7.30. The van der Waals surface area contributed by atoms with E-state index in [0.29, 0.717) is 17.9 Å². The summed E-state index contributed by atoms with van der Waals surface area (Å²) in [6, 6.07) is 4.49. The summed E-state index contributed by atoms with van der Waals surface area (Å²) >= 11 is 1.74. The van der Waals surface area contributed by atoms with Gasteiger partial charge >= 0.3 is 0 Å². The SMILES string of the molecule is CCCSc1nc(N2CCCC2)ccc1C(=O)NC1C2CC3CC(C2)CC1C3. The minimum absolute atomic E-state index is 0.108. The third-order valence-electron chi connectivity index (χ3n) is 7.49. The van der Waals surface area contributed by atoms with Gasteiger partial charge in [0.2, 0.25) is 0 Å². The molecule has 4 aliphatic carbocycles. The number of hydrogen-bond acceptors (Lipinski definition) is 4. The number of carbonyl (C=O) groups excluding carboxylic acids is 1. The smallest absolute Gasteiger partial charge is 0.254 e. The van der Waals surface area contributed by atoms with Gasteiger partial charge < -0.3 is 10.2 Å². The van der Waals surface area contributed by atoms with Crippen LogP contribution < -0.4 is 10.2 Å². The van der Waals surface area contributed by atoms with Crippen molar-refractivity contribution in [2.75, 3.05) is 23.7 Å². The number of anilines is 1. The van der Waals surface area contributed by atoms with Crippen molar-refractivity contribution in [3.05, 3.63) is 17.7 Å². The number of nitrogens with one attached hydrogen (secondary N) is 1. The Kier molecular flexibility index (Phi) is 5.29. The lowest BCUT2D eigenvalue weighted by atomic mass is 9.54. The molecule has 1 aromatic heterocycles. The largest absolute Gasteiger partial charge is 0.357 e. The molecule has 0 atom stereocenters. The van der Waals surface area contributed by atoms with Crippen LogP contribution in [-0.2, 0) is 0 Å². The fraction of sp³-hybridized carbons (Fsp3) is 0.739. The molecule has 1 saturated heterocycles. The van der Waals surface area contributed by atoms with E-state index < -0.39 is 0 Å². The summed E-state index contributed by atoms with van der Waals surface area (Å²) in [7, 11) is 0. The van der Waals surface area contributed by atoms with E-state index in [9.17, 15) is 4.79 Å². The maximum atomic E-state index is 13.3. The van der Waals surface area contributed by atoms with E-state index in [1.165, 1.54) is 44.9 Å². The second-order valence-electron chi connectivity index (χ2n) is 9.49. The first-order valence-electron chi connectivity index (χ1n) is 11.4. The van der Waals surface area contributed by atoms with Crippen LogP contribution in [-0.4, -0.2) is 35.8 Å². The monoisotopic (exact) mass is 399 g/mol. The predicted molar refractivity (Wildman–Crippen MR) is 115 cm³/mol. The van der Waals surface area contributed by atoms with E-state index in [1.54, 1.807) is 11.8 Å². The molecule has 4 bridgehead atoms. The molecule has 0 radical (unpaired) electrons. The Balaban J connectivity index is 1.34. The van der Waals surface area contributed by atoms with Crippen molar-refractivity contribution in [2.24, 2.45) is 23.7 Å². The van der Waals surface area contributed by atoms with E-state index in [2.05, 4.69) is 23.2 Å². The summed E-state index contributed by atoms with van der Waals surface area (Å²) in [6.07, 6.45) is 10.4. The number of aromatic nitrogens is 1. The van der Waals surface area contributed by atoms with Crippen LogP contribution >= 0.6 is 11.8 Å². The van der Waals surface area contributed by atoms with Crippen LogP contribution in [0.4, 0.5) is 5.82 Å². The molecule has 152 valence electrons. The molecule has 1 aromatic rings. The van der Waals surface area contributed by atoms with Crippen LogP contribution in [0, 0.1) is 23.7 Å². The fourth-order valence-electron chi connectivity index (χ4n) is 6.42. The molecule has 0 aromatic carbocycles. The maximum absolute atomic E-state index is 13.3. The topological polar surface area (TPSA) is 45.2 Å².